The van der Waals surface area contributed by atoms with Gasteiger partial charge in [-0.3, -0.25) is 4.79 Å². The predicted octanol–water partition coefficient (Wildman–Crippen LogP) is 1.33. The van der Waals surface area contributed by atoms with Crippen molar-refractivity contribution in [3.8, 4) is 0 Å². The Balaban J connectivity index is 1.96. The Morgan fingerprint density at radius 2 is 2.25 bits per heavy atom. The first kappa shape index (κ1) is 10.4. The fourth-order valence-corrected chi connectivity index (χ4v) is 3.37. The highest BCUT2D eigenvalue weighted by Gasteiger charge is 2.22. The molecule has 0 aromatic carbocycles. The van der Waals surface area contributed by atoms with Crippen molar-refractivity contribution in [2.24, 2.45) is 0 Å². The minimum atomic E-state index is 0.0670. The topological polar surface area (TPSA) is 57.8 Å². The van der Waals surface area contributed by atoms with E-state index in [0.29, 0.717) is 0 Å². The van der Waals surface area contributed by atoms with Gasteiger partial charge >= 0.3 is 0 Å². The number of H-pyrrole nitrogens is 1. The molecule has 0 spiro atoms. The van der Waals surface area contributed by atoms with Crippen LogP contribution in [0.1, 0.15) is 42.4 Å². The number of fused-ring (bicyclic) bond motifs is 1. The van der Waals surface area contributed by atoms with E-state index in [0.717, 1.165) is 41.6 Å². The highest BCUT2D eigenvalue weighted by Crippen LogP contribution is 2.27. The highest BCUT2D eigenvalue weighted by molar-refractivity contribution is 7.98. The van der Waals surface area contributed by atoms with Gasteiger partial charge in [0.15, 0.2) is 0 Å². The van der Waals surface area contributed by atoms with Gasteiger partial charge in [-0.2, -0.15) is 11.8 Å². The molecule has 4 nitrogen and oxygen atoms in total. The van der Waals surface area contributed by atoms with Crippen LogP contribution in [0.15, 0.2) is 4.79 Å². The second kappa shape index (κ2) is 4.22. The summed E-state index contributed by atoms with van der Waals surface area (Å²) in [6.07, 6.45) is 3.52. The third-order valence-corrected chi connectivity index (χ3v) is 4.22. The summed E-state index contributed by atoms with van der Waals surface area (Å²) in [5.41, 5.74) is 1.94. The number of piperidine rings is 1. The lowest BCUT2D eigenvalue weighted by Crippen LogP contribution is -2.30. The standard InChI is InChI=1S/C11H15N3OS/c15-11-7-5-16-6-9(7)13-10(14-11)8-3-1-2-4-12-8/h8,12H,1-6H2,(H,13,14,15). The van der Waals surface area contributed by atoms with Gasteiger partial charge in [0.25, 0.3) is 5.56 Å². The van der Waals surface area contributed by atoms with E-state index in [-0.39, 0.29) is 11.6 Å². The van der Waals surface area contributed by atoms with E-state index >= 15 is 0 Å². The van der Waals surface area contributed by atoms with Crippen LogP contribution in [-0.2, 0) is 11.5 Å². The van der Waals surface area contributed by atoms with Crippen molar-refractivity contribution >= 4 is 11.8 Å². The fourth-order valence-electron chi connectivity index (χ4n) is 2.33. The molecule has 3 rings (SSSR count). The molecule has 0 radical (unpaired) electrons. The second-order valence-electron chi connectivity index (χ2n) is 4.37. The Kier molecular flexibility index (Phi) is 2.73. The number of nitrogens with one attached hydrogen (secondary N) is 2. The quantitative estimate of drug-likeness (QED) is 0.773. The van der Waals surface area contributed by atoms with E-state index in [4.69, 9.17) is 0 Å². The molecule has 2 N–H and O–H groups in total. The van der Waals surface area contributed by atoms with Crippen LogP contribution in [0, 0.1) is 0 Å². The van der Waals surface area contributed by atoms with Crippen molar-refractivity contribution in [1.29, 1.82) is 0 Å². The SMILES string of the molecule is O=c1[nH]c(C2CCCCN2)nc2c1CSC2. The maximum absolute atomic E-state index is 11.8. The normalized spacial score (nSPS) is 24.4. The number of aromatic amines is 1. The van der Waals surface area contributed by atoms with Crippen LogP contribution in [0.4, 0.5) is 0 Å². The summed E-state index contributed by atoms with van der Waals surface area (Å²) < 4.78 is 0. The molecule has 1 unspecified atom stereocenters. The molecule has 1 aromatic heterocycles. The Bertz CT molecular complexity index is 451. The van der Waals surface area contributed by atoms with E-state index in [9.17, 15) is 4.79 Å². The fraction of sp³-hybridized carbons (Fsp3) is 0.636. The summed E-state index contributed by atoms with van der Waals surface area (Å²) in [4.78, 5) is 19.4. The Hall–Kier alpha value is -0.810. The maximum atomic E-state index is 11.8. The van der Waals surface area contributed by atoms with Crippen LogP contribution in [0.5, 0.6) is 0 Å². The Labute approximate surface area is 98.2 Å². The zero-order valence-corrected chi connectivity index (χ0v) is 9.90. The summed E-state index contributed by atoms with van der Waals surface area (Å²) in [5.74, 6) is 2.54. The average molecular weight is 237 g/mol. The van der Waals surface area contributed by atoms with Crippen LogP contribution in [0.25, 0.3) is 0 Å². The molecule has 86 valence electrons. The van der Waals surface area contributed by atoms with Gasteiger partial charge in [0.2, 0.25) is 0 Å². The molecule has 0 aliphatic carbocycles. The third-order valence-electron chi connectivity index (χ3n) is 3.25. The number of aromatic nitrogens is 2. The van der Waals surface area contributed by atoms with E-state index in [2.05, 4.69) is 15.3 Å². The largest absolute Gasteiger partial charge is 0.309 e. The molecule has 1 fully saturated rings. The van der Waals surface area contributed by atoms with Crippen molar-refractivity contribution < 1.29 is 0 Å². The Morgan fingerprint density at radius 3 is 3.06 bits per heavy atom. The first-order valence-corrected chi connectivity index (χ1v) is 6.93. The molecule has 1 saturated heterocycles. The van der Waals surface area contributed by atoms with E-state index in [1.54, 1.807) is 11.8 Å². The van der Waals surface area contributed by atoms with Gasteiger partial charge in [-0.1, -0.05) is 6.42 Å². The van der Waals surface area contributed by atoms with Crippen LogP contribution >= 0.6 is 11.8 Å². The van der Waals surface area contributed by atoms with E-state index in [1.165, 1.54) is 12.8 Å². The van der Waals surface area contributed by atoms with Gasteiger partial charge in [-0.15, -0.1) is 0 Å². The number of nitrogens with zero attached hydrogens (tertiary/aromatic N) is 1. The summed E-state index contributed by atoms with van der Waals surface area (Å²) >= 11 is 1.77. The maximum Gasteiger partial charge on any atom is 0.255 e. The van der Waals surface area contributed by atoms with Crippen LogP contribution in [0.2, 0.25) is 0 Å². The van der Waals surface area contributed by atoms with Crippen LogP contribution < -0.4 is 10.9 Å². The molecule has 0 saturated carbocycles. The van der Waals surface area contributed by atoms with E-state index < -0.39 is 0 Å². The van der Waals surface area contributed by atoms with Gasteiger partial charge in [0.05, 0.1) is 11.7 Å². The van der Waals surface area contributed by atoms with Gasteiger partial charge in [0.1, 0.15) is 5.82 Å². The zero-order chi connectivity index (χ0) is 11.0. The number of rotatable bonds is 1. The molecule has 3 heterocycles. The summed E-state index contributed by atoms with van der Waals surface area (Å²) in [7, 11) is 0. The van der Waals surface area contributed by atoms with E-state index in [1.807, 2.05) is 0 Å². The smallest absolute Gasteiger partial charge is 0.255 e. The lowest BCUT2D eigenvalue weighted by atomic mass is 10.0. The predicted molar refractivity (Wildman–Crippen MR) is 64.5 cm³/mol. The molecule has 2 aliphatic heterocycles. The van der Waals surface area contributed by atoms with Crippen molar-refractivity contribution in [2.75, 3.05) is 6.54 Å². The van der Waals surface area contributed by atoms with Gasteiger partial charge in [-0.05, 0) is 19.4 Å². The molecular weight excluding hydrogens is 222 g/mol. The van der Waals surface area contributed by atoms with Crippen molar-refractivity contribution in [3.63, 3.8) is 0 Å². The molecule has 1 aromatic rings. The number of hydrogen-bond acceptors (Lipinski definition) is 4. The first-order valence-electron chi connectivity index (χ1n) is 5.77. The third kappa shape index (κ3) is 1.78. The highest BCUT2D eigenvalue weighted by atomic mass is 32.2. The van der Waals surface area contributed by atoms with Crippen molar-refractivity contribution in [1.82, 2.24) is 15.3 Å². The van der Waals surface area contributed by atoms with Crippen LogP contribution in [0.3, 0.4) is 0 Å². The van der Waals surface area contributed by atoms with Gasteiger partial charge in [-0.25, -0.2) is 4.98 Å². The Morgan fingerprint density at radius 1 is 1.31 bits per heavy atom. The van der Waals surface area contributed by atoms with Crippen molar-refractivity contribution in [2.45, 2.75) is 36.8 Å². The van der Waals surface area contributed by atoms with Crippen molar-refractivity contribution in [3.05, 3.63) is 27.4 Å². The molecular formula is C11H15N3OS. The second-order valence-corrected chi connectivity index (χ2v) is 5.36. The number of hydrogen-bond donors (Lipinski definition) is 2. The molecule has 0 amide bonds. The molecule has 2 aliphatic rings. The van der Waals surface area contributed by atoms with Gasteiger partial charge in [0, 0.05) is 17.1 Å². The summed E-state index contributed by atoms with van der Waals surface area (Å²) in [5, 5.41) is 3.41. The molecule has 5 heteroatoms. The lowest BCUT2D eigenvalue weighted by Gasteiger charge is -2.22. The average Bonchev–Trinajstić information content (AvgIpc) is 2.79. The monoisotopic (exact) mass is 237 g/mol. The molecule has 16 heavy (non-hydrogen) atoms. The minimum Gasteiger partial charge on any atom is -0.309 e. The summed E-state index contributed by atoms with van der Waals surface area (Å²) in [6, 6.07) is 0.248. The lowest BCUT2D eigenvalue weighted by molar-refractivity contribution is 0.396. The van der Waals surface area contributed by atoms with Crippen LogP contribution in [-0.4, -0.2) is 16.5 Å². The summed E-state index contributed by atoms with van der Waals surface area (Å²) in [6.45, 7) is 1.03. The zero-order valence-electron chi connectivity index (χ0n) is 9.08. The first-order chi connectivity index (χ1) is 7.84. The molecule has 0 bridgehead atoms. The molecule has 1 atom stereocenters. The van der Waals surface area contributed by atoms with Gasteiger partial charge < -0.3 is 10.3 Å². The number of thioether (sulfide) groups is 1. The minimum absolute atomic E-state index is 0.0670.